The molecular weight excluding hydrogens is 168 g/mol. The smallest absolute Gasteiger partial charge is 0.104 e. The molecule has 1 aliphatic heterocycles. The maximum Gasteiger partial charge on any atom is 0.104 e. The maximum atomic E-state index is 5.32. The zero-order valence-electron chi connectivity index (χ0n) is 8.25. The van der Waals surface area contributed by atoms with E-state index < -0.39 is 0 Å². The number of rotatable bonds is 8. The molecule has 0 aromatic heterocycles. The molecule has 76 valence electrons. The normalized spacial score (nSPS) is 20.2. The van der Waals surface area contributed by atoms with Crippen molar-refractivity contribution in [1.29, 1.82) is 0 Å². The highest BCUT2D eigenvalue weighted by atomic mass is 16.6. The Morgan fingerprint density at radius 2 is 2.08 bits per heavy atom. The van der Waals surface area contributed by atoms with Crippen molar-refractivity contribution in [1.82, 2.24) is 0 Å². The Balaban J connectivity index is 1.70. The second-order valence-corrected chi connectivity index (χ2v) is 3.35. The second-order valence-electron chi connectivity index (χ2n) is 3.35. The van der Waals surface area contributed by atoms with Gasteiger partial charge in [-0.2, -0.15) is 0 Å². The van der Waals surface area contributed by atoms with Crippen molar-refractivity contribution in [3.8, 4) is 0 Å². The number of ether oxygens (including phenoxy) is 3. The lowest BCUT2D eigenvalue weighted by molar-refractivity contribution is 0.0429. The van der Waals surface area contributed by atoms with Crippen LogP contribution in [0.3, 0.4) is 0 Å². The van der Waals surface area contributed by atoms with Crippen LogP contribution in [0.4, 0.5) is 0 Å². The molecule has 1 aliphatic rings. The molecule has 1 unspecified atom stereocenters. The molecule has 0 bridgehead atoms. The minimum absolute atomic E-state index is 0.357. The fraction of sp³-hybridized carbons (Fsp3) is 0.800. The summed E-state index contributed by atoms with van der Waals surface area (Å²) in [6.07, 6.45) is 1.29. The highest BCUT2D eigenvalue weighted by molar-refractivity contribution is 4.86. The predicted octanol–water partition coefficient (Wildman–Crippen LogP) is 1.38. The predicted molar refractivity (Wildman–Crippen MR) is 50.8 cm³/mol. The van der Waals surface area contributed by atoms with Gasteiger partial charge in [-0.25, -0.2) is 0 Å². The van der Waals surface area contributed by atoms with Crippen molar-refractivity contribution < 1.29 is 14.2 Å². The summed E-state index contributed by atoms with van der Waals surface area (Å²) in [5, 5.41) is 0. The van der Waals surface area contributed by atoms with E-state index in [1.165, 1.54) is 0 Å². The third-order valence-electron chi connectivity index (χ3n) is 1.75. The van der Waals surface area contributed by atoms with Crippen LogP contribution in [-0.4, -0.2) is 39.1 Å². The zero-order chi connectivity index (χ0) is 9.52. The summed E-state index contributed by atoms with van der Waals surface area (Å²) in [6, 6.07) is 0. The quantitative estimate of drug-likeness (QED) is 0.326. The number of hydrogen-bond acceptors (Lipinski definition) is 3. The molecule has 0 N–H and O–H groups in total. The molecule has 3 heteroatoms. The van der Waals surface area contributed by atoms with Gasteiger partial charge in [-0.3, -0.25) is 0 Å². The van der Waals surface area contributed by atoms with Gasteiger partial charge in [-0.05, 0) is 13.3 Å². The van der Waals surface area contributed by atoms with E-state index in [-0.39, 0.29) is 0 Å². The van der Waals surface area contributed by atoms with Crippen molar-refractivity contribution >= 4 is 0 Å². The van der Waals surface area contributed by atoms with Gasteiger partial charge in [0.05, 0.1) is 33.0 Å². The lowest BCUT2D eigenvalue weighted by atomic mass is 10.3. The Kier molecular flexibility index (Phi) is 5.05. The summed E-state index contributed by atoms with van der Waals surface area (Å²) in [5.74, 6) is 0. The van der Waals surface area contributed by atoms with Crippen LogP contribution < -0.4 is 0 Å². The van der Waals surface area contributed by atoms with E-state index in [4.69, 9.17) is 14.2 Å². The summed E-state index contributed by atoms with van der Waals surface area (Å²) in [7, 11) is 0. The molecule has 3 nitrogen and oxygen atoms in total. The van der Waals surface area contributed by atoms with E-state index in [0.29, 0.717) is 25.9 Å². The first-order valence-corrected chi connectivity index (χ1v) is 4.70. The fourth-order valence-electron chi connectivity index (χ4n) is 0.845. The summed E-state index contributed by atoms with van der Waals surface area (Å²) in [4.78, 5) is 0. The van der Waals surface area contributed by atoms with Gasteiger partial charge in [0.2, 0.25) is 0 Å². The zero-order valence-corrected chi connectivity index (χ0v) is 8.25. The second kappa shape index (κ2) is 6.13. The van der Waals surface area contributed by atoms with E-state index >= 15 is 0 Å². The van der Waals surface area contributed by atoms with Crippen molar-refractivity contribution in [2.45, 2.75) is 19.4 Å². The van der Waals surface area contributed by atoms with E-state index in [1.54, 1.807) is 0 Å². The van der Waals surface area contributed by atoms with Crippen LogP contribution >= 0.6 is 0 Å². The van der Waals surface area contributed by atoms with Gasteiger partial charge >= 0.3 is 0 Å². The lowest BCUT2D eigenvalue weighted by Crippen LogP contribution is -2.08. The molecule has 1 atom stereocenters. The monoisotopic (exact) mass is 186 g/mol. The summed E-state index contributed by atoms with van der Waals surface area (Å²) in [5.41, 5.74) is 1.16. The van der Waals surface area contributed by atoms with Crippen molar-refractivity contribution in [2.75, 3.05) is 33.0 Å². The van der Waals surface area contributed by atoms with E-state index in [2.05, 4.69) is 6.58 Å². The summed E-state index contributed by atoms with van der Waals surface area (Å²) >= 11 is 0. The minimum Gasteiger partial charge on any atom is -0.379 e. The van der Waals surface area contributed by atoms with E-state index in [1.807, 2.05) is 6.92 Å². The highest BCUT2D eigenvalue weighted by Crippen LogP contribution is 2.07. The number of hydrogen-bond donors (Lipinski definition) is 0. The van der Waals surface area contributed by atoms with Crippen LogP contribution in [-0.2, 0) is 14.2 Å². The van der Waals surface area contributed by atoms with Gasteiger partial charge in [-0.1, -0.05) is 5.57 Å². The first-order chi connectivity index (χ1) is 6.29. The van der Waals surface area contributed by atoms with Crippen molar-refractivity contribution in [3.63, 3.8) is 0 Å². The van der Waals surface area contributed by atoms with Crippen LogP contribution in [0.15, 0.2) is 12.2 Å². The average molecular weight is 186 g/mol. The molecule has 0 saturated carbocycles. The van der Waals surface area contributed by atoms with Crippen LogP contribution in [0.2, 0.25) is 0 Å². The molecule has 0 aliphatic carbocycles. The van der Waals surface area contributed by atoms with Gasteiger partial charge in [0.25, 0.3) is 0 Å². The summed E-state index contributed by atoms with van der Waals surface area (Å²) in [6.45, 7) is 9.44. The van der Waals surface area contributed by atoms with Gasteiger partial charge < -0.3 is 14.2 Å². The SMILES string of the molecule is C=C(C)CCOCCOCC1CO1. The Bertz CT molecular complexity index is 152. The number of epoxide rings is 1. The van der Waals surface area contributed by atoms with Gasteiger partial charge in [-0.15, -0.1) is 6.58 Å². The highest BCUT2D eigenvalue weighted by Gasteiger charge is 2.21. The van der Waals surface area contributed by atoms with Gasteiger partial charge in [0, 0.05) is 0 Å². The molecule has 0 aromatic carbocycles. The standard InChI is InChI=1S/C10H18O3/c1-9(2)3-4-11-5-6-12-7-10-8-13-10/h10H,1,3-8H2,2H3. The Hall–Kier alpha value is -0.380. The van der Waals surface area contributed by atoms with E-state index in [9.17, 15) is 0 Å². The third-order valence-corrected chi connectivity index (χ3v) is 1.75. The first-order valence-electron chi connectivity index (χ1n) is 4.70. The molecule has 0 radical (unpaired) electrons. The van der Waals surface area contributed by atoms with E-state index in [0.717, 1.165) is 25.2 Å². The Labute approximate surface area is 79.7 Å². The van der Waals surface area contributed by atoms with Gasteiger partial charge in [0.1, 0.15) is 6.10 Å². The lowest BCUT2D eigenvalue weighted by Gasteiger charge is -2.04. The first kappa shape index (κ1) is 10.7. The molecule has 1 rings (SSSR count). The van der Waals surface area contributed by atoms with Crippen molar-refractivity contribution in [2.24, 2.45) is 0 Å². The maximum absolute atomic E-state index is 5.32. The summed E-state index contributed by atoms with van der Waals surface area (Å²) < 4.78 is 15.6. The van der Waals surface area contributed by atoms with Crippen molar-refractivity contribution in [3.05, 3.63) is 12.2 Å². The molecule has 0 aromatic rings. The molecule has 13 heavy (non-hydrogen) atoms. The largest absolute Gasteiger partial charge is 0.379 e. The molecule has 1 fully saturated rings. The van der Waals surface area contributed by atoms with Crippen LogP contribution in [0.25, 0.3) is 0 Å². The van der Waals surface area contributed by atoms with Crippen LogP contribution in [0.5, 0.6) is 0 Å². The Morgan fingerprint density at radius 3 is 2.69 bits per heavy atom. The van der Waals surface area contributed by atoms with Crippen LogP contribution in [0.1, 0.15) is 13.3 Å². The molecule has 0 spiro atoms. The molecule has 1 heterocycles. The van der Waals surface area contributed by atoms with Crippen LogP contribution in [0, 0.1) is 0 Å². The minimum atomic E-state index is 0.357. The average Bonchev–Trinajstić information content (AvgIpc) is 2.86. The topological polar surface area (TPSA) is 31.0 Å². The Morgan fingerprint density at radius 1 is 1.38 bits per heavy atom. The molecule has 1 saturated heterocycles. The third kappa shape index (κ3) is 6.75. The molecular formula is C10H18O3. The molecule has 0 amide bonds. The van der Waals surface area contributed by atoms with Gasteiger partial charge in [0.15, 0.2) is 0 Å². The fourth-order valence-corrected chi connectivity index (χ4v) is 0.845.